The Kier molecular flexibility index (Phi) is 5.96. The molecule has 0 saturated carbocycles. The van der Waals surface area contributed by atoms with E-state index in [9.17, 15) is 4.79 Å². The summed E-state index contributed by atoms with van der Waals surface area (Å²) in [6.07, 6.45) is 0. The van der Waals surface area contributed by atoms with E-state index in [4.69, 9.17) is 0 Å². The van der Waals surface area contributed by atoms with Crippen LogP contribution in [0.25, 0.3) is 11.4 Å². The Bertz CT molecular complexity index is 923. The molecule has 0 aliphatic heterocycles. The van der Waals surface area contributed by atoms with Crippen LogP contribution < -0.4 is 0 Å². The number of hydrogen-bond donors (Lipinski definition) is 0. The summed E-state index contributed by atoms with van der Waals surface area (Å²) < 4.78 is 1.95. The van der Waals surface area contributed by atoms with Gasteiger partial charge in [0.15, 0.2) is 11.0 Å². The summed E-state index contributed by atoms with van der Waals surface area (Å²) in [6.45, 7) is 4.57. The smallest absolute Gasteiger partial charge is 0.235 e. The van der Waals surface area contributed by atoms with E-state index < -0.39 is 0 Å². The van der Waals surface area contributed by atoms with Gasteiger partial charge < -0.3 is 9.47 Å². The predicted octanol–water partition coefficient (Wildman–Crippen LogP) is 3.93. The van der Waals surface area contributed by atoms with Crippen LogP contribution in [0.3, 0.4) is 0 Å². The van der Waals surface area contributed by atoms with Crippen molar-refractivity contribution in [2.45, 2.75) is 30.8 Å². The summed E-state index contributed by atoms with van der Waals surface area (Å²) in [7, 11) is 3.77. The van der Waals surface area contributed by atoms with Gasteiger partial charge in [0.2, 0.25) is 5.91 Å². The normalized spacial score (nSPS) is 12.0. The first-order valence-electron chi connectivity index (χ1n) is 8.88. The van der Waals surface area contributed by atoms with E-state index >= 15 is 0 Å². The van der Waals surface area contributed by atoms with Gasteiger partial charge >= 0.3 is 0 Å². The third kappa shape index (κ3) is 4.39. The molecule has 1 heterocycles. The number of amides is 1. The summed E-state index contributed by atoms with van der Waals surface area (Å²) in [6, 6.07) is 18.1. The zero-order valence-electron chi connectivity index (χ0n) is 16.1. The second-order valence-electron chi connectivity index (χ2n) is 6.62. The Balaban J connectivity index is 1.70. The first kappa shape index (κ1) is 19.2. The maximum Gasteiger partial charge on any atom is 0.235 e. The third-order valence-electron chi connectivity index (χ3n) is 4.49. The van der Waals surface area contributed by atoms with Gasteiger partial charge in [0.05, 0.1) is 5.25 Å². The van der Waals surface area contributed by atoms with Crippen LogP contribution in [0, 0.1) is 6.92 Å². The molecule has 2 aromatic carbocycles. The standard InChI is InChI=1S/C21H24N4OS/c1-15-10-8-9-13-18(15)19-22-23-21(25(19)4)27-16(2)20(26)24(3)14-17-11-6-5-7-12-17/h5-13,16H,14H2,1-4H3/t16-/m1/s1. The van der Waals surface area contributed by atoms with E-state index in [1.165, 1.54) is 11.8 Å². The molecule has 1 atom stereocenters. The second-order valence-corrected chi connectivity index (χ2v) is 7.93. The molecule has 3 rings (SSSR count). The molecule has 0 aliphatic carbocycles. The van der Waals surface area contributed by atoms with E-state index in [2.05, 4.69) is 23.2 Å². The molecule has 0 fully saturated rings. The molecule has 1 aromatic heterocycles. The van der Waals surface area contributed by atoms with Crippen LogP contribution in [0.4, 0.5) is 0 Å². The third-order valence-corrected chi connectivity index (χ3v) is 5.61. The van der Waals surface area contributed by atoms with E-state index in [1.807, 2.05) is 74.1 Å². The van der Waals surface area contributed by atoms with Gasteiger partial charge in [-0.25, -0.2) is 0 Å². The predicted molar refractivity (Wildman–Crippen MR) is 109 cm³/mol. The summed E-state index contributed by atoms with van der Waals surface area (Å²) in [5.41, 5.74) is 3.32. The highest BCUT2D eigenvalue weighted by atomic mass is 32.2. The maximum atomic E-state index is 12.7. The molecule has 0 N–H and O–H groups in total. The fourth-order valence-corrected chi connectivity index (χ4v) is 3.86. The van der Waals surface area contributed by atoms with Crippen LogP contribution in [-0.2, 0) is 18.4 Å². The Morgan fingerprint density at radius 3 is 2.48 bits per heavy atom. The molecule has 5 nitrogen and oxygen atoms in total. The molecule has 1 amide bonds. The lowest BCUT2D eigenvalue weighted by atomic mass is 10.1. The quantitative estimate of drug-likeness (QED) is 0.608. The molecule has 6 heteroatoms. The average molecular weight is 381 g/mol. The molecule has 0 spiro atoms. The minimum Gasteiger partial charge on any atom is -0.340 e. The zero-order valence-corrected chi connectivity index (χ0v) is 16.9. The van der Waals surface area contributed by atoms with Gasteiger partial charge in [-0.05, 0) is 25.0 Å². The highest BCUT2D eigenvalue weighted by Crippen LogP contribution is 2.28. The van der Waals surface area contributed by atoms with Crippen LogP contribution in [0.1, 0.15) is 18.1 Å². The van der Waals surface area contributed by atoms with Crippen LogP contribution in [0.5, 0.6) is 0 Å². The topological polar surface area (TPSA) is 51.0 Å². The van der Waals surface area contributed by atoms with Crippen molar-refractivity contribution in [3.05, 3.63) is 65.7 Å². The van der Waals surface area contributed by atoms with Gasteiger partial charge in [0.25, 0.3) is 0 Å². The molecule has 0 radical (unpaired) electrons. The summed E-state index contributed by atoms with van der Waals surface area (Å²) >= 11 is 1.44. The van der Waals surface area contributed by atoms with Crippen LogP contribution in [0.2, 0.25) is 0 Å². The Hall–Kier alpha value is -2.60. The minimum absolute atomic E-state index is 0.0734. The molecular formula is C21H24N4OS. The number of nitrogens with zero attached hydrogens (tertiary/aromatic N) is 4. The van der Waals surface area contributed by atoms with Crippen molar-refractivity contribution in [2.24, 2.45) is 7.05 Å². The van der Waals surface area contributed by atoms with Gasteiger partial charge in [-0.15, -0.1) is 10.2 Å². The van der Waals surface area contributed by atoms with Crippen LogP contribution >= 0.6 is 11.8 Å². The fourth-order valence-electron chi connectivity index (χ4n) is 2.93. The SMILES string of the molecule is Cc1ccccc1-c1nnc(S[C@H](C)C(=O)N(C)Cc2ccccc2)n1C. The number of hydrogen-bond acceptors (Lipinski definition) is 4. The first-order valence-corrected chi connectivity index (χ1v) is 9.76. The summed E-state index contributed by atoms with van der Waals surface area (Å²) in [4.78, 5) is 14.5. The highest BCUT2D eigenvalue weighted by molar-refractivity contribution is 8.00. The number of carbonyl (C=O) groups is 1. The van der Waals surface area contributed by atoms with Crippen molar-refractivity contribution in [2.75, 3.05) is 7.05 Å². The lowest BCUT2D eigenvalue weighted by Gasteiger charge is -2.21. The number of carbonyl (C=O) groups excluding carboxylic acids is 1. The summed E-state index contributed by atoms with van der Waals surface area (Å²) in [5.74, 6) is 0.886. The largest absolute Gasteiger partial charge is 0.340 e. The van der Waals surface area contributed by atoms with E-state index in [0.29, 0.717) is 6.54 Å². The molecule has 0 aliphatic rings. The van der Waals surface area contributed by atoms with Crippen LogP contribution in [0.15, 0.2) is 59.8 Å². The van der Waals surface area contributed by atoms with Gasteiger partial charge in [-0.2, -0.15) is 0 Å². The molecule has 0 unspecified atom stereocenters. The fraction of sp³-hybridized carbons (Fsp3) is 0.286. The maximum absolute atomic E-state index is 12.7. The van der Waals surface area contributed by atoms with Crippen molar-refractivity contribution in [3.8, 4) is 11.4 Å². The molecule has 0 bridgehead atoms. The van der Waals surface area contributed by atoms with Crippen LogP contribution in [-0.4, -0.2) is 37.9 Å². The summed E-state index contributed by atoms with van der Waals surface area (Å²) in [5, 5.41) is 9.14. The average Bonchev–Trinajstić information content (AvgIpc) is 3.02. The van der Waals surface area contributed by atoms with Gasteiger partial charge in [0, 0.05) is 26.2 Å². The highest BCUT2D eigenvalue weighted by Gasteiger charge is 2.22. The molecular weight excluding hydrogens is 356 g/mol. The van der Waals surface area contributed by atoms with Crippen molar-refractivity contribution in [1.29, 1.82) is 0 Å². The zero-order chi connectivity index (χ0) is 19.4. The molecule has 3 aromatic rings. The van der Waals surface area contributed by atoms with Crippen molar-refractivity contribution >= 4 is 17.7 Å². The Morgan fingerprint density at radius 2 is 1.78 bits per heavy atom. The monoisotopic (exact) mass is 380 g/mol. The molecule has 27 heavy (non-hydrogen) atoms. The number of aryl methyl sites for hydroxylation is 1. The van der Waals surface area contributed by atoms with Crippen molar-refractivity contribution in [1.82, 2.24) is 19.7 Å². The van der Waals surface area contributed by atoms with E-state index in [1.54, 1.807) is 4.90 Å². The lowest BCUT2D eigenvalue weighted by Crippen LogP contribution is -2.32. The Labute approximate surface area is 164 Å². The number of benzene rings is 2. The molecule has 0 saturated heterocycles. The number of rotatable bonds is 6. The first-order chi connectivity index (χ1) is 13.0. The van der Waals surface area contributed by atoms with E-state index in [-0.39, 0.29) is 11.2 Å². The van der Waals surface area contributed by atoms with Crippen molar-refractivity contribution < 1.29 is 4.79 Å². The number of thioether (sulfide) groups is 1. The van der Waals surface area contributed by atoms with Gasteiger partial charge in [0.1, 0.15) is 0 Å². The lowest BCUT2D eigenvalue weighted by molar-refractivity contribution is -0.129. The number of aromatic nitrogens is 3. The van der Waals surface area contributed by atoms with Gasteiger partial charge in [-0.3, -0.25) is 4.79 Å². The molecule has 140 valence electrons. The Morgan fingerprint density at radius 1 is 1.11 bits per heavy atom. The minimum atomic E-state index is -0.244. The van der Waals surface area contributed by atoms with E-state index in [0.717, 1.165) is 27.7 Å². The van der Waals surface area contributed by atoms with Crippen molar-refractivity contribution in [3.63, 3.8) is 0 Å². The van der Waals surface area contributed by atoms with Gasteiger partial charge in [-0.1, -0.05) is 66.4 Å². The second kappa shape index (κ2) is 8.39.